The molecule has 0 aromatic rings. The Bertz CT molecular complexity index is 341. The molecule has 1 aliphatic rings. The van der Waals surface area contributed by atoms with Crippen LogP contribution in [0.25, 0.3) is 0 Å². The van der Waals surface area contributed by atoms with Gasteiger partial charge in [-0.05, 0) is 19.3 Å². The lowest BCUT2D eigenvalue weighted by molar-refractivity contribution is 0.584. The second kappa shape index (κ2) is 8.09. The Kier molecular flexibility index (Phi) is 8.05. The van der Waals surface area contributed by atoms with Crippen LogP contribution < -0.4 is 15.4 Å². The number of hydrogen-bond acceptors (Lipinski definition) is 3. The van der Waals surface area contributed by atoms with Crippen molar-refractivity contribution in [3.8, 4) is 0 Å². The minimum absolute atomic E-state index is 0. The molecule has 0 bridgehead atoms. The quantitative estimate of drug-likeness (QED) is 0.261. The maximum Gasteiger partial charge on any atom is 0.208 e. The fourth-order valence-corrected chi connectivity index (χ4v) is 1.68. The zero-order valence-corrected chi connectivity index (χ0v) is 13.3. The molecular formula is C9H21IN4O2S. The van der Waals surface area contributed by atoms with E-state index < -0.39 is 10.0 Å². The third-order valence-corrected chi connectivity index (χ3v) is 2.88. The zero-order chi connectivity index (χ0) is 12.0. The summed E-state index contributed by atoms with van der Waals surface area (Å²) in [7, 11) is -1.33. The van der Waals surface area contributed by atoms with Crippen LogP contribution in [0.2, 0.25) is 0 Å². The fourth-order valence-electron chi connectivity index (χ4n) is 1.17. The fraction of sp³-hybridized carbons (Fsp3) is 0.889. The van der Waals surface area contributed by atoms with E-state index in [2.05, 4.69) is 20.3 Å². The van der Waals surface area contributed by atoms with Gasteiger partial charge in [0.1, 0.15) is 0 Å². The number of nitrogens with zero attached hydrogens (tertiary/aromatic N) is 1. The van der Waals surface area contributed by atoms with E-state index >= 15 is 0 Å². The first-order chi connectivity index (χ1) is 7.51. The first-order valence-corrected chi connectivity index (χ1v) is 7.32. The lowest BCUT2D eigenvalue weighted by Crippen LogP contribution is -2.39. The highest BCUT2D eigenvalue weighted by atomic mass is 127. The van der Waals surface area contributed by atoms with Gasteiger partial charge in [0.2, 0.25) is 10.0 Å². The molecule has 0 atom stereocenters. The van der Waals surface area contributed by atoms with Gasteiger partial charge in [-0.2, -0.15) is 0 Å². The number of hydrogen-bond donors (Lipinski definition) is 3. The van der Waals surface area contributed by atoms with Gasteiger partial charge in [-0.15, -0.1) is 24.0 Å². The summed E-state index contributed by atoms with van der Waals surface area (Å²) >= 11 is 0. The third-order valence-electron chi connectivity index (χ3n) is 2.15. The van der Waals surface area contributed by atoms with Gasteiger partial charge < -0.3 is 10.6 Å². The molecule has 0 aliphatic heterocycles. The summed E-state index contributed by atoms with van der Waals surface area (Å²) < 4.78 is 24.0. The summed E-state index contributed by atoms with van der Waals surface area (Å²) in [5, 5.41) is 6.38. The Morgan fingerprint density at radius 2 is 2.00 bits per heavy atom. The maximum atomic E-state index is 10.8. The lowest BCUT2D eigenvalue weighted by Gasteiger charge is -2.10. The lowest BCUT2D eigenvalue weighted by atomic mass is 10.4. The first-order valence-electron chi connectivity index (χ1n) is 5.43. The van der Waals surface area contributed by atoms with Gasteiger partial charge in [0, 0.05) is 26.2 Å². The molecule has 0 unspecified atom stereocenters. The van der Waals surface area contributed by atoms with Gasteiger partial charge >= 0.3 is 0 Å². The topological polar surface area (TPSA) is 82.6 Å². The molecule has 17 heavy (non-hydrogen) atoms. The van der Waals surface area contributed by atoms with E-state index in [1.54, 1.807) is 7.05 Å². The Hall–Kier alpha value is -0.0900. The highest BCUT2D eigenvalue weighted by molar-refractivity contribution is 14.0. The van der Waals surface area contributed by atoms with E-state index in [4.69, 9.17) is 0 Å². The van der Waals surface area contributed by atoms with Crippen LogP contribution in [0.15, 0.2) is 4.99 Å². The molecule has 0 radical (unpaired) electrons. The van der Waals surface area contributed by atoms with Crippen molar-refractivity contribution < 1.29 is 8.42 Å². The third kappa shape index (κ3) is 9.60. The van der Waals surface area contributed by atoms with Crippen LogP contribution in [-0.4, -0.2) is 46.8 Å². The Morgan fingerprint density at radius 3 is 2.47 bits per heavy atom. The standard InChI is InChI=1S/C9H20N4O2S.HI/c1-10-9(13-8-4-5-8)11-6-3-7-12-16(2,14)15;/h8,12H,3-7H2,1-2H3,(H2,10,11,13);1H. The van der Waals surface area contributed by atoms with Crippen molar-refractivity contribution in [1.29, 1.82) is 0 Å². The molecule has 0 saturated heterocycles. The average Bonchev–Trinajstić information content (AvgIpc) is 2.97. The number of nitrogens with one attached hydrogen (secondary N) is 3. The summed E-state index contributed by atoms with van der Waals surface area (Å²) in [6.45, 7) is 1.15. The van der Waals surface area contributed by atoms with Crippen molar-refractivity contribution in [2.75, 3.05) is 26.4 Å². The van der Waals surface area contributed by atoms with E-state index in [1.165, 1.54) is 12.8 Å². The zero-order valence-electron chi connectivity index (χ0n) is 10.2. The molecule has 0 amide bonds. The molecule has 6 nitrogen and oxygen atoms in total. The van der Waals surface area contributed by atoms with Crippen LogP contribution >= 0.6 is 24.0 Å². The highest BCUT2D eigenvalue weighted by Gasteiger charge is 2.21. The van der Waals surface area contributed by atoms with Crippen LogP contribution in [0.5, 0.6) is 0 Å². The molecule has 0 aromatic carbocycles. The average molecular weight is 376 g/mol. The normalized spacial score (nSPS) is 16.2. The number of halogens is 1. The van der Waals surface area contributed by atoms with E-state index in [1.807, 2.05) is 0 Å². The number of aliphatic imine (C=N–C) groups is 1. The second-order valence-corrected chi connectivity index (χ2v) is 5.77. The summed E-state index contributed by atoms with van der Waals surface area (Å²) in [6, 6.07) is 0.570. The number of rotatable bonds is 6. The number of sulfonamides is 1. The minimum atomic E-state index is -3.06. The SMILES string of the molecule is CN=C(NCCCNS(C)(=O)=O)NC1CC1.I. The number of guanidine groups is 1. The largest absolute Gasteiger partial charge is 0.356 e. The summed E-state index contributed by atoms with van der Waals surface area (Å²) in [6.07, 6.45) is 4.30. The summed E-state index contributed by atoms with van der Waals surface area (Å²) in [5.74, 6) is 0.793. The van der Waals surface area contributed by atoms with Crippen LogP contribution in [-0.2, 0) is 10.0 Å². The minimum Gasteiger partial charge on any atom is -0.356 e. The van der Waals surface area contributed by atoms with Gasteiger partial charge in [-0.25, -0.2) is 13.1 Å². The molecule has 0 aromatic heterocycles. The monoisotopic (exact) mass is 376 g/mol. The van der Waals surface area contributed by atoms with Crippen molar-refractivity contribution in [1.82, 2.24) is 15.4 Å². The molecule has 1 saturated carbocycles. The molecular weight excluding hydrogens is 355 g/mol. The van der Waals surface area contributed by atoms with Crippen molar-refractivity contribution >= 4 is 40.0 Å². The van der Waals surface area contributed by atoms with Crippen LogP contribution in [0.3, 0.4) is 0 Å². The molecule has 1 fully saturated rings. The predicted molar refractivity (Wildman–Crippen MR) is 80.4 cm³/mol. The molecule has 1 rings (SSSR count). The van der Waals surface area contributed by atoms with Crippen molar-refractivity contribution in [3.05, 3.63) is 0 Å². The van der Waals surface area contributed by atoms with E-state index in [9.17, 15) is 8.42 Å². The molecule has 0 heterocycles. The van der Waals surface area contributed by atoms with Gasteiger partial charge in [0.25, 0.3) is 0 Å². The summed E-state index contributed by atoms with van der Waals surface area (Å²) in [4.78, 5) is 4.07. The molecule has 3 N–H and O–H groups in total. The van der Waals surface area contributed by atoms with Gasteiger partial charge in [-0.3, -0.25) is 4.99 Å². The molecule has 0 spiro atoms. The molecule has 8 heteroatoms. The Morgan fingerprint density at radius 1 is 1.35 bits per heavy atom. The van der Waals surface area contributed by atoms with Crippen LogP contribution in [0, 0.1) is 0 Å². The van der Waals surface area contributed by atoms with Gasteiger partial charge in [0.15, 0.2) is 5.96 Å². The van der Waals surface area contributed by atoms with E-state index in [-0.39, 0.29) is 24.0 Å². The first kappa shape index (κ1) is 16.9. The summed E-state index contributed by atoms with van der Waals surface area (Å²) in [5.41, 5.74) is 0. The van der Waals surface area contributed by atoms with Crippen molar-refractivity contribution in [2.24, 2.45) is 4.99 Å². The van der Waals surface area contributed by atoms with Gasteiger partial charge in [0.05, 0.1) is 6.26 Å². The van der Waals surface area contributed by atoms with Crippen molar-refractivity contribution in [3.63, 3.8) is 0 Å². The van der Waals surface area contributed by atoms with E-state index in [0.29, 0.717) is 19.1 Å². The Balaban J connectivity index is 0.00000256. The maximum absolute atomic E-state index is 10.8. The predicted octanol–water partition coefficient (Wildman–Crippen LogP) is -0.129. The molecule has 102 valence electrons. The van der Waals surface area contributed by atoms with Crippen LogP contribution in [0.4, 0.5) is 0 Å². The van der Waals surface area contributed by atoms with Crippen LogP contribution in [0.1, 0.15) is 19.3 Å². The Labute approximate surface area is 120 Å². The molecule has 1 aliphatic carbocycles. The smallest absolute Gasteiger partial charge is 0.208 e. The van der Waals surface area contributed by atoms with E-state index in [0.717, 1.165) is 18.6 Å². The van der Waals surface area contributed by atoms with Crippen molar-refractivity contribution in [2.45, 2.75) is 25.3 Å². The highest BCUT2D eigenvalue weighted by Crippen LogP contribution is 2.18. The van der Waals surface area contributed by atoms with Gasteiger partial charge in [-0.1, -0.05) is 0 Å². The second-order valence-electron chi connectivity index (χ2n) is 3.94.